The number of piperidine rings is 1. The molecule has 2 amide bonds. The molecular weight excluding hydrogens is 442 g/mol. The average molecular weight is 476 g/mol. The van der Waals surface area contributed by atoms with Gasteiger partial charge < -0.3 is 15.3 Å². The molecule has 1 saturated carbocycles. The van der Waals surface area contributed by atoms with E-state index in [9.17, 15) is 19.5 Å². The number of hydrogen-bond donors (Lipinski definition) is 2. The zero-order valence-electron chi connectivity index (χ0n) is 19.6. The molecule has 4 rings (SSSR count). The van der Waals surface area contributed by atoms with Gasteiger partial charge in [-0.1, -0.05) is 37.6 Å². The first-order chi connectivity index (χ1) is 15.6. The molecular formula is C25H34ClN3O4. The number of nitrogens with zero attached hydrogens (tertiary/aromatic N) is 2. The first kappa shape index (κ1) is 24.0. The number of benzene rings is 1. The molecule has 1 aromatic carbocycles. The van der Waals surface area contributed by atoms with Crippen molar-refractivity contribution in [3.63, 3.8) is 0 Å². The molecule has 2 saturated heterocycles. The summed E-state index contributed by atoms with van der Waals surface area (Å²) in [5, 5.41) is 14.0. The number of nitrogens with one attached hydrogen (secondary N) is 1. The van der Waals surface area contributed by atoms with Gasteiger partial charge in [-0.15, -0.1) is 0 Å². The first-order valence-corrected chi connectivity index (χ1v) is 12.3. The molecule has 2 aliphatic heterocycles. The molecule has 0 aromatic heterocycles. The van der Waals surface area contributed by atoms with Crippen LogP contribution in [0.5, 0.6) is 0 Å². The lowest BCUT2D eigenvalue weighted by atomic mass is 9.71. The Balaban J connectivity index is 1.58. The van der Waals surface area contributed by atoms with Crippen LogP contribution in [-0.2, 0) is 9.59 Å². The third kappa shape index (κ3) is 4.26. The van der Waals surface area contributed by atoms with E-state index in [4.69, 9.17) is 11.6 Å². The van der Waals surface area contributed by atoms with Crippen molar-refractivity contribution in [3.05, 3.63) is 34.9 Å². The highest BCUT2D eigenvalue weighted by molar-refractivity contribution is 6.30. The standard InChI is InChI=1S/C25H34ClN3O4/c1-4-29(23(32)33)25(15-27-14-20(25)16-5-7-18(26)8-6-16)21(30)17-9-11-28(12-10-17)22(31)19-13-24(19,2)3/h5-8,17,19-20,27H,4,9-15H2,1-3H3,(H,32,33)/t19?,20-,25+/m0/s1. The van der Waals surface area contributed by atoms with Gasteiger partial charge >= 0.3 is 6.09 Å². The van der Waals surface area contributed by atoms with Crippen LogP contribution in [0.25, 0.3) is 0 Å². The van der Waals surface area contributed by atoms with Crippen LogP contribution >= 0.6 is 11.6 Å². The van der Waals surface area contributed by atoms with Crippen molar-refractivity contribution < 1.29 is 19.5 Å². The van der Waals surface area contributed by atoms with Crippen LogP contribution in [0.1, 0.15) is 51.5 Å². The molecule has 3 fully saturated rings. The molecule has 0 spiro atoms. The molecule has 33 heavy (non-hydrogen) atoms. The number of carboxylic acid groups (broad SMARTS) is 1. The molecule has 0 bridgehead atoms. The van der Waals surface area contributed by atoms with Crippen molar-refractivity contribution in [3.8, 4) is 0 Å². The van der Waals surface area contributed by atoms with E-state index in [0.29, 0.717) is 37.5 Å². The Bertz CT molecular complexity index is 926. The smallest absolute Gasteiger partial charge is 0.408 e. The second-order valence-corrected chi connectivity index (χ2v) is 10.8. The van der Waals surface area contributed by atoms with E-state index in [1.54, 1.807) is 19.1 Å². The van der Waals surface area contributed by atoms with Crippen molar-refractivity contribution in [2.24, 2.45) is 17.3 Å². The maximum Gasteiger partial charge on any atom is 0.408 e. The normalized spacial score (nSPS) is 29.0. The van der Waals surface area contributed by atoms with Crippen molar-refractivity contribution in [1.82, 2.24) is 15.1 Å². The minimum absolute atomic E-state index is 0.0319. The van der Waals surface area contributed by atoms with Crippen LogP contribution in [0.2, 0.25) is 5.02 Å². The van der Waals surface area contributed by atoms with Crippen molar-refractivity contribution in [2.45, 2.75) is 51.5 Å². The molecule has 2 heterocycles. The Morgan fingerprint density at radius 1 is 1.18 bits per heavy atom. The lowest BCUT2D eigenvalue weighted by molar-refractivity contribution is -0.140. The second kappa shape index (κ2) is 8.91. The highest BCUT2D eigenvalue weighted by Crippen LogP contribution is 2.52. The third-order valence-corrected chi connectivity index (χ3v) is 8.29. The molecule has 3 atom stereocenters. The molecule has 180 valence electrons. The topological polar surface area (TPSA) is 90.0 Å². The van der Waals surface area contributed by atoms with Crippen molar-refractivity contribution >= 4 is 29.4 Å². The van der Waals surface area contributed by atoms with Gasteiger partial charge in [-0.2, -0.15) is 0 Å². The number of ketones is 1. The summed E-state index contributed by atoms with van der Waals surface area (Å²) < 4.78 is 0. The van der Waals surface area contributed by atoms with Crippen LogP contribution in [0.3, 0.4) is 0 Å². The number of likely N-dealkylation sites (tertiary alicyclic amines) is 1. The zero-order chi connectivity index (χ0) is 24.0. The summed E-state index contributed by atoms with van der Waals surface area (Å²) in [4.78, 5) is 42.5. The summed E-state index contributed by atoms with van der Waals surface area (Å²) in [6.07, 6.45) is 0.984. The van der Waals surface area contributed by atoms with E-state index < -0.39 is 11.6 Å². The third-order valence-electron chi connectivity index (χ3n) is 8.04. The predicted molar refractivity (Wildman–Crippen MR) is 126 cm³/mol. The fourth-order valence-corrected chi connectivity index (χ4v) is 6.00. The number of amides is 2. The van der Waals surface area contributed by atoms with E-state index in [-0.39, 0.29) is 47.9 Å². The van der Waals surface area contributed by atoms with E-state index in [1.807, 2.05) is 17.0 Å². The van der Waals surface area contributed by atoms with Crippen molar-refractivity contribution in [1.29, 1.82) is 0 Å². The summed E-state index contributed by atoms with van der Waals surface area (Å²) in [7, 11) is 0. The number of likely N-dealkylation sites (N-methyl/N-ethyl adjacent to an activating group) is 1. The highest BCUT2D eigenvalue weighted by atomic mass is 35.5. The lowest BCUT2D eigenvalue weighted by Gasteiger charge is -2.44. The molecule has 8 heteroatoms. The highest BCUT2D eigenvalue weighted by Gasteiger charge is 2.57. The van der Waals surface area contributed by atoms with Crippen molar-refractivity contribution in [2.75, 3.05) is 32.7 Å². The number of carbonyl (C=O) groups is 3. The van der Waals surface area contributed by atoms with E-state index >= 15 is 0 Å². The van der Waals surface area contributed by atoms with Gasteiger partial charge in [0.2, 0.25) is 5.91 Å². The van der Waals surface area contributed by atoms with Gasteiger partial charge in [0.05, 0.1) is 0 Å². The van der Waals surface area contributed by atoms with E-state index in [2.05, 4.69) is 19.2 Å². The fourth-order valence-electron chi connectivity index (χ4n) is 5.88. The molecule has 2 N–H and O–H groups in total. The van der Waals surface area contributed by atoms with Gasteiger partial charge in [-0.25, -0.2) is 4.79 Å². The number of carbonyl (C=O) groups excluding carboxylic acids is 2. The minimum Gasteiger partial charge on any atom is -0.465 e. The Kier molecular flexibility index (Phi) is 6.49. The lowest BCUT2D eigenvalue weighted by Crippen LogP contribution is -2.63. The zero-order valence-corrected chi connectivity index (χ0v) is 20.4. The molecule has 1 unspecified atom stereocenters. The Labute approximate surface area is 200 Å². The Hall–Kier alpha value is -2.12. The molecule has 3 aliphatic rings. The Morgan fingerprint density at radius 3 is 2.30 bits per heavy atom. The second-order valence-electron chi connectivity index (χ2n) is 10.4. The maximum absolute atomic E-state index is 14.1. The van der Waals surface area contributed by atoms with Crippen LogP contribution in [0.15, 0.2) is 24.3 Å². The van der Waals surface area contributed by atoms with Gasteiger partial charge in [0.1, 0.15) is 5.54 Å². The maximum atomic E-state index is 14.1. The number of rotatable bonds is 6. The molecule has 7 nitrogen and oxygen atoms in total. The van der Waals surface area contributed by atoms with Crippen LogP contribution in [0, 0.1) is 17.3 Å². The van der Waals surface area contributed by atoms with Crippen LogP contribution < -0.4 is 5.32 Å². The first-order valence-electron chi connectivity index (χ1n) is 11.9. The van der Waals surface area contributed by atoms with E-state index in [0.717, 1.165) is 12.0 Å². The summed E-state index contributed by atoms with van der Waals surface area (Å²) in [5.41, 5.74) is -0.192. The molecule has 1 aliphatic carbocycles. The summed E-state index contributed by atoms with van der Waals surface area (Å²) >= 11 is 6.08. The number of halogens is 1. The van der Waals surface area contributed by atoms with Gasteiger partial charge in [0, 0.05) is 55.5 Å². The Morgan fingerprint density at radius 2 is 1.79 bits per heavy atom. The van der Waals surface area contributed by atoms with Gasteiger partial charge in [0.15, 0.2) is 5.78 Å². The fraction of sp³-hybridized carbons (Fsp3) is 0.640. The minimum atomic E-state index is -1.18. The largest absolute Gasteiger partial charge is 0.465 e. The molecule has 1 aromatic rings. The quantitative estimate of drug-likeness (QED) is 0.655. The molecule has 0 radical (unpaired) electrons. The van der Waals surface area contributed by atoms with Gasteiger partial charge in [-0.3, -0.25) is 14.5 Å². The van der Waals surface area contributed by atoms with Gasteiger partial charge in [-0.05, 0) is 49.3 Å². The van der Waals surface area contributed by atoms with E-state index in [1.165, 1.54) is 4.90 Å². The predicted octanol–water partition coefficient (Wildman–Crippen LogP) is 3.62. The van der Waals surface area contributed by atoms with Crippen LogP contribution in [-0.4, -0.2) is 71.0 Å². The summed E-state index contributed by atoms with van der Waals surface area (Å²) in [6.45, 7) is 8.14. The SMILES string of the molecule is CCN(C(=O)O)[C@]1(C(=O)C2CCN(C(=O)C3CC3(C)C)CC2)CNC[C@H]1c1ccc(Cl)cc1. The summed E-state index contributed by atoms with van der Waals surface area (Å²) in [5.74, 6) is -0.319. The van der Waals surface area contributed by atoms with Crippen LogP contribution in [0.4, 0.5) is 4.79 Å². The van der Waals surface area contributed by atoms with Gasteiger partial charge in [0.25, 0.3) is 0 Å². The summed E-state index contributed by atoms with van der Waals surface area (Å²) in [6, 6.07) is 7.34. The monoisotopic (exact) mass is 475 g/mol. The number of Topliss-reactive ketones (excluding diaryl/α,β-unsaturated/α-hetero) is 1. The average Bonchev–Trinajstić information content (AvgIpc) is 3.22. The number of hydrogen-bond acceptors (Lipinski definition) is 4.